The van der Waals surface area contributed by atoms with E-state index in [1.54, 1.807) is 24.3 Å². The molecule has 0 saturated carbocycles. The Balaban J connectivity index is 1.58. The maximum absolute atomic E-state index is 12.4. The van der Waals surface area contributed by atoms with E-state index in [1.807, 2.05) is 32.0 Å². The molecule has 0 saturated heterocycles. The summed E-state index contributed by atoms with van der Waals surface area (Å²) in [6.07, 6.45) is 0.766. The molecule has 0 aliphatic rings. The molecule has 1 aromatic heterocycles. The van der Waals surface area contributed by atoms with Crippen LogP contribution in [0.4, 0.5) is 10.8 Å². The first-order chi connectivity index (χ1) is 13.9. The van der Waals surface area contributed by atoms with Gasteiger partial charge in [-0.1, -0.05) is 62.4 Å². The highest BCUT2D eigenvalue weighted by Crippen LogP contribution is 2.24. The van der Waals surface area contributed by atoms with Crippen molar-refractivity contribution in [3.63, 3.8) is 0 Å². The normalized spacial score (nSPS) is 11.9. The lowest BCUT2D eigenvalue weighted by Gasteiger charge is -2.09. The lowest BCUT2D eigenvalue weighted by molar-refractivity contribution is -0.118. The Morgan fingerprint density at radius 2 is 1.62 bits per heavy atom. The van der Waals surface area contributed by atoms with Crippen LogP contribution in [-0.2, 0) is 11.2 Å². The molecule has 150 valence electrons. The topological polar surface area (TPSA) is 84.0 Å². The smallest absolute Gasteiger partial charge is 0.257 e. The molecule has 3 rings (SSSR count). The molecule has 0 fully saturated rings. The Kier molecular flexibility index (Phi) is 6.72. The van der Waals surface area contributed by atoms with Crippen LogP contribution in [0.2, 0.25) is 0 Å². The summed E-state index contributed by atoms with van der Waals surface area (Å²) in [5, 5.41) is 15.2. The number of hydrogen-bond acceptors (Lipinski definition) is 5. The fraction of sp³-hybridized carbons (Fsp3) is 0.273. The van der Waals surface area contributed by atoms with Crippen LogP contribution >= 0.6 is 11.3 Å². The third-order valence-corrected chi connectivity index (χ3v) is 5.34. The quantitative estimate of drug-likeness (QED) is 0.592. The fourth-order valence-corrected chi connectivity index (χ4v) is 3.57. The number of benzene rings is 2. The molecule has 0 aliphatic heterocycles. The highest BCUT2D eigenvalue weighted by molar-refractivity contribution is 7.15. The average molecular weight is 409 g/mol. The number of amides is 2. The van der Waals surface area contributed by atoms with Gasteiger partial charge in [-0.3, -0.25) is 14.9 Å². The molecule has 6 nitrogen and oxygen atoms in total. The number of carbonyl (C=O) groups excluding carboxylic acids is 2. The van der Waals surface area contributed by atoms with Gasteiger partial charge in [0.2, 0.25) is 11.0 Å². The van der Waals surface area contributed by atoms with Crippen molar-refractivity contribution in [2.45, 2.75) is 33.1 Å². The second kappa shape index (κ2) is 9.43. The second-order valence-corrected chi connectivity index (χ2v) is 8.25. The van der Waals surface area contributed by atoms with Crippen molar-refractivity contribution in [1.82, 2.24) is 10.2 Å². The molecule has 3 aromatic rings. The summed E-state index contributed by atoms with van der Waals surface area (Å²) in [5.41, 5.74) is 2.40. The van der Waals surface area contributed by atoms with Crippen molar-refractivity contribution < 1.29 is 9.59 Å². The van der Waals surface area contributed by atoms with Crippen LogP contribution in [0.15, 0.2) is 54.6 Å². The van der Waals surface area contributed by atoms with E-state index in [0.717, 1.165) is 11.4 Å². The average Bonchev–Trinajstić information content (AvgIpc) is 3.15. The Labute approximate surface area is 174 Å². The number of hydrogen-bond donors (Lipinski definition) is 2. The highest BCUT2D eigenvalue weighted by Gasteiger charge is 2.14. The molecule has 0 spiro atoms. The van der Waals surface area contributed by atoms with Crippen LogP contribution in [0.25, 0.3) is 0 Å². The summed E-state index contributed by atoms with van der Waals surface area (Å²) in [4.78, 5) is 24.2. The zero-order valence-corrected chi connectivity index (χ0v) is 17.5. The lowest BCUT2D eigenvalue weighted by atomic mass is 9.98. The Morgan fingerprint density at radius 3 is 2.28 bits per heavy atom. The molecule has 0 radical (unpaired) electrons. The van der Waals surface area contributed by atoms with E-state index in [-0.39, 0.29) is 17.7 Å². The van der Waals surface area contributed by atoms with E-state index >= 15 is 0 Å². The standard InChI is InChI=1S/C22H24N4O2S/c1-14(2)20(27)23-18-11-9-17(10-12-18)21(28)24-22-26-25-19(29-22)13-15(3)16-7-5-4-6-8-16/h4-12,14-15H,13H2,1-3H3,(H,23,27)(H,24,26,28). The minimum atomic E-state index is -0.259. The number of nitrogens with zero attached hydrogens (tertiary/aromatic N) is 2. The molecule has 29 heavy (non-hydrogen) atoms. The van der Waals surface area contributed by atoms with Crippen molar-refractivity contribution in [2.24, 2.45) is 5.92 Å². The van der Waals surface area contributed by atoms with E-state index in [1.165, 1.54) is 16.9 Å². The van der Waals surface area contributed by atoms with Crippen LogP contribution in [0.5, 0.6) is 0 Å². The maximum atomic E-state index is 12.4. The summed E-state index contributed by atoms with van der Waals surface area (Å²) < 4.78 is 0. The first-order valence-electron chi connectivity index (χ1n) is 9.52. The van der Waals surface area contributed by atoms with Crippen molar-refractivity contribution in [2.75, 3.05) is 10.6 Å². The maximum Gasteiger partial charge on any atom is 0.257 e. The van der Waals surface area contributed by atoms with E-state index in [2.05, 4.69) is 39.9 Å². The van der Waals surface area contributed by atoms with Gasteiger partial charge >= 0.3 is 0 Å². The van der Waals surface area contributed by atoms with E-state index in [9.17, 15) is 9.59 Å². The molecule has 0 aliphatic carbocycles. The van der Waals surface area contributed by atoms with Gasteiger partial charge in [0.1, 0.15) is 5.01 Å². The van der Waals surface area contributed by atoms with Crippen molar-refractivity contribution in [1.29, 1.82) is 0 Å². The summed E-state index contributed by atoms with van der Waals surface area (Å²) in [7, 11) is 0. The third kappa shape index (κ3) is 5.71. The third-order valence-electron chi connectivity index (χ3n) is 4.48. The highest BCUT2D eigenvalue weighted by atomic mass is 32.1. The van der Waals surface area contributed by atoms with Gasteiger partial charge in [-0.15, -0.1) is 10.2 Å². The van der Waals surface area contributed by atoms with E-state index < -0.39 is 0 Å². The molecule has 1 unspecified atom stereocenters. The van der Waals surface area contributed by atoms with Gasteiger partial charge in [0.05, 0.1) is 0 Å². The van der Waals surface area contributed by atoms with Gasteiger partial charge in [-0.2, -0.15) is 0 Å². The lowest BCUT2D eigenvalue weighted by Crippen LogP contribution is -2.18. The van der Waals surface area contributed by atoms with Crippen LogP contribution in [0.1, 0.15) is 47.6 Å². The number of anilines is 2. The molecule has 2 aromatic carbocycles. The zero-order valence-electron chi connectivity index (χ0n) is 16.7. The van der Waals surface area contributed by atoms with Crippen LogP contribution < -0.4 is 10.6 Å². The molecule has 1 atom stereocenters. The predicted octanol–water partition coefficient (Wildman–Crippen LogP) is 4.73. The summed E-state index contributed by atoms with van der Waals surface area (Å²) >= 11 is 1.38. The summed E-state index contributed by atoms with van der Waals surface area (Å²) in [6, 6.07) is 17.0. The van der Waals surface area contributed by atoms with Crippen LogP contribution in [0, 0.1) is 5.92 Å². The Hall–Kier alpha value is -3.06. The Morgan fingerprint density at radius 1 is 0.931 bits per heavy atom. The molecular formula is C22H24N4O2S. The van der Waals surface area contributed by atoms with Gasteiger partial charge in [0, 0.05) is 23.6 Å². The molecule has 7 heteroatoms. The predicted molar refractivity (Wildman–Crippen MR) is 116 cm³/mol. The zero-order chi connectivity index (χ0) is 20.8. The first-order valence-corrected chi connectivity index (χ1v) is 10.3. The molecule has 2 amide bonds. The number of aromatic nitrogens is 2. The van der Waals surface area contributed by atoms with Crippen molar-refractivity contribution >= 4 is 34.0 Å². The van der Waals surface area contributed by atoms with Gasteiger partial charge in [-0.25, -0.2) is 0 Å². The minimum absolute atomic E-state index is 0.0617. The van der Waals surface area contributed by atoms with Crippen molar-refractivity contribution in [3.05, 3.63) is 70.7 Å². The molecule has 2 N–H and O–H groups in total. The first kappa shape index (κ1) is 20.7. The number of nitrogens with one attached hydrogen (secondary N) is 2. The molecule has 0 bridgehead atoms. The van der Waals surface area contributed by atoms with Crippen molar-refractivity contribution in [3.8, 4) is 0 Å². The van der Waals surface area contributed by atoms with Gasteiger partial charge in [0.15, 0.2) is 0 Å². The number of rotatable bonds is 7. The van der Waals surface area contributed by atoms with Gasteiger partial charge in [-0.05, 0) is 35.7 Å². The van der Waals surface area contributed by atoms with E-state index in [4.69, 9.17) is 0 Å². The largest absolute Gasteiger partial charge is 0.326 e. The summed E-state index contributed by atoms with van der Waals surface area (Å²) in [6.45, 7) is 5.80. The van der Waals surface area contributed by atoms with E-state index in [0.29, 0.717) is 22.3 Å². The Bertz CT molecular complexity index is 968. The second-order valence-electron chi connectivity index (χ2n) is 7.19. The molecule has 1 heterocycles. The van der Waals surface area contributed by atoms with Gasteiger partial charge < -0.3 is 5.32 Å². The number of carbonyl (C=O) groups is 2. The van der Waals surface area contributed by atoms with Gasteiger partial charge in [0.25, 0.3) is 5.91 Å². The minimum Gasteiger partial charge on any atom is -0.326 e. The molecular weight excluding hydrogens is 384 g/mol. The SMILES string of the molecule is CC(C)C(=O)Nc1ccc(C(=O)Nc2nnc(CC(C)c3ccccc3)s2)cc1. The van der Waals surface area contributed by atoms with Crippen LogP contribution in [0.3, 0.4) is 0 Å². The monoisotopic (exact) mass is 408 g/mol. The van der Waals surface area contributed by atoms with Crippen LogP contribution in [-0.4, -0.2) is 22.0 Å². The summed E-state index contributed by atoms with van der Waals surface area (Å²) in [5.74, 6) is -0.102. The fourth-order valence-electron chi connectivity index (χ4n) is 2.71.